The number of nitrogens with one attached hydrogen (secondary N) is 1. The molecular formula is C11H14IN3O2. The summed E-state index contributed by atoms with van der Waals surface area (Å²) in [5.74, 6) is 0. The highest BCUT2D eigenvalue weighted by molar-refractivity contribution is 14.1. The molecule has 1 aliphatic rings. The monoisotopic (exact) mass is 347 g/mol. The lowest BCUT2D eigenvalue weighted by molar-refractivity contribution is -0.385. The number of nitrogens with zero attached hydrogens (tertiary/aromatic N) is 2. The SMILES string of the molecule is CN(c1ccc([N+](=O)[O-])c(I)c1)C1CCNC1. The minimum absolute atomic E-state index is 0.173. The Hall–Kier alpha value is -0.890. The van der Waals surface area contributed by atoms with E-state index in [2.05, 4.69) is 10.2 Å². The van der Waals surface area contributed by atoms with E-state index < -0.39 is 0 Å². The third kappa shape index (κ3) is 2.68. The fourth-order valence-corrected chi connectivity index (χ4v) is 2.74. The number of anilines is 1. The molecule has 0 amide bonds. The standard InChI is InChI=1S/C11H14IN3O2/c1-14(9-4-5-13-7-9)8-2-3-11(15(16)17)10(12)6-8/h2-3,6,9,13H,4-5,7H2,1H3. The molecular weight excluding hydrogens is 333 g/mol. The Morgan fingerprint density at radius 1 is 1.59 bits per heavy atom. The van der Waals surface area contributed by atoms with E-state index in [0.29, 0.717) is 9.61 Å². The number of likely N-dealkylation sites (N-methyl/N-ethyl adjacent to an activating group) is 1. The summed E-state index contributed by atoms with van der Waals surface area (Å²) in [4.78, 5) is 12.6. The molecule has 1 N–H and O–H groups in total. The van der Waals surface area contributed by atoms with Gasteiger partial charge < -0.3 is 10.2 Å². The normalized spacial score (nSPS) is 19.3. The molecule has 1 heterocycles. The summed E-state index contributed by atoms with van der Waals surface area (Å²) in [7, 11) is 2.04. The molecule has 1 aliphatic heterocycles. The molecule has 92 valence electrons. The minimum atomic E-state index is -0.345. The van der Waals surface area contributed by atoms with Gasteiger partial charge in [0, 0.05) is 31.4 Å². The Morgan fingerprint density at radius 3 is 2.88 bits per heavy atom. The van der Waals surface area contributed by atoms with E-state index in [-0.39, 0.29) is 10.6 Å². The average molecular weight is 347 g/mol. The van der Waals surface area contributed by atoms with Crippen molar-refractivity contribution in [3.8, 4) is 0 Å². The zero-order valence-corrected chi connectivity index (χ0v) is 11.7. The Kier molecular flexibility index (Phi) is 3.82. The molecule has 1 aromatic carbocycles. The van der Waals surface area contributed by atoms with Crippen molar-refractivity contribution < 1.29 is 4.92 Å². The van der Waals surface area contributed by atoms with Gasteiger partial charge in [-0.2, -0.15) is 0 Å². The molecule has 0 radical (unpaired) electrons. The number of hydrogen-bond acceptors (Lipinski definition) is 4. The summed E-state index contributed by atoms with van der Waals surface area (Å²) in [6.45, 7) is 2.02. The smallest absolute Gasteiger partial charge is 0.282 e. The summed E-state index contributed by atoms with van der Waals surface area (Å²) in [5.41, 5.74) is 1.21. The second-order valence-electron chi connectivity index (χ2n) is 4.15. The van der Waals surface area contributed by atoms with E-state index in [4.69, 9.17) is 0 Å². The quantitative estimate of drug-likeness (QED) is 0.516. The molecule has 6 heteroatoms. The van der Waals surface area contributed by atoms with Crippen LogP contribution in [0.5, 0.6) is 0 Å². The number of halogens is 1. The van der Waals surface area contributed by atoms with Gasteiger partial charge in [-0.05, 0) is 47.7 Å². The second-order valence-corrected chi connectivity index (χ2v) is 5.31. The summed E-state index contributed by atoms with van der Waals surface area (Å²) in [5, 5.41) is 14.1. The van der Waals surface area contributed by atoms with Gasteiger partial charge in [0.25, 0.3) is 5.69 Å². The third-order valence-electron chi connectivity index (χ3n) is 3.12. The maximum atomic E-state index is 10.7. The van der Waals surface area contributed by atoms with Crippen LogP contribution in [0.15, 0.2) is 18.2 Å². The molecule has 1 aromatic rings. The third-order valence-corrected chi connectivity index (χ3v) is 3.98. The highest BCUT2D eigenvalue weighted by Crippen LogP contribution is 2.27. The largest absolute Gasteiger partial charge is 0.370 e. The van der Waals surface area contributed by atoms with E-state index in [1.54, 1.807) is 6.07 Å². The van der Waals surface area contributed by atoms with Crippen LogP contribution in [0.25, 0.3) is 0 Å². The van der Waals surface area contributed by atoms with Crippen LogP contribution in [0.1, 0.15) is 6.42 Å². The first kappa shape index (κ1) is 12.6. The summed E-state index contributed by atoms with van der Waals surface area (Å²) in [6.07, 6.45) is 1.12. The topological polar surface area (TPSA) is 58.4 Å². The second kappa shape index (κ2) is 5.18. The predicted octanol–water partition coefficient (Wildman–Crippen LogP) is 2.00. The number of nitro groups is 1. The van der Waals surface area contributed by atoms with Crippen molar-refractivity contribution in [2.45, 2.75) is 12.5 Å². The van der Waals surface area contributed by atoms with Crippen molar-refractivity contribution in [2.75, 3.05) is 25.0 Å². The van der Waals surface area contributed by atoms with Crippen LogP contribution in [-0.2, 0) is 0 Å². The molecule has 0 aliphatic carbocycles. The molecule has 0 saturated carbocycles. The molecule has 1 atom stereocenters. The van der Waals surface area contributed by atoms with Crippen molar-refractivity contribution in [3.63, 3.8) is 0 Å². The van der Waals surface area contributed by atoms with Gasteiger partial charge >= 0.3 is 0 Å². The maximum absolute atomic E-state index is 10.7. The fraction of sp³-hybridized carbons (Fsp3) is 0.455. The molecule has 0 aromatic heterocycles. The van der Waals surface area contributed by atoms with Gasteiger partial charge in [0.15, 0.2) is 0 Å². The lowest BCUT2D eigenvalue weighted by Crippen LogP contribution is -2.33. The van der Waals surface area contributed by atoms with Crippen molar-refractivity contribution in [3.05, 3.63) is 31.9 Å². The van der Waals surface area contributed by atoms with Crippen LogP contribution in [0.4, 0.5) is 11.4 Å². The summed E-state index contributed by atoms with van der Waals surface area (Å²) < 4.78 is 0.683. The zero-order chi connectivity index (χ0) is 12.4. The molecule has 5 nitrogen and oxygen atoms in total. The maximum Gasteiger partial charge on any atom is 0.282 e. The van der Waals surface area contributed by atoms with Crippen LogP contribution in [-0.4, -0.2) is 31.1 Å². The number of nitro benzene ring substituents is 1. The van der Waals surface area contributed by atoms with E-state index >= 15 is 0 Å². The minimum Gasteiger partial charge on any atom is -0.370 e. The van der Waals surface area contributed by atoms with Gasteiger partial charge in [-0.1, -0.05) is 0 Å². The molecule has 1 fully saturated rings. The van der Waals surface area contributed by atoms with Gasteiger partial charge in [-0.15, -0.1) is 0 Å². The van der Waals surface area contributed by atoms with Gasteiger partial charge in [0.05, 0.1) is 8.49 Å². The lowest BCUT2D eigenvalue weighted by Gasteiger charge is -2.26. The van der Waals surface area contributed by atoms with Crippen LogP contribution in [0.2, 0.25) is 0 Å². The van der Waals surface area contributed by atoms with Crippen LogP contribution >= 0.6 is 22.6 Å². The number of rotatable bonds is 3. The van der Waals surface area contributed by atoms with Gasteiger partial charge in [-0.25, -0.2) is 0 Å². The van der Waals surface area contributed by atoms with Gasteiger partial charge in [0.2, 0.25) is 0 Å². The summed E-state index contributed by atoms with van der Waals surface area (Å²) >= 11 is 2.01. The first-order chi connectivity index (χ1) is 8.09. The summed E-state index contributed by atoms with van der Waals surface area (Å²) in [6, 6.07) is 5.75. The molecule has 17 heavy (non-hydrogen) atoms. The Bertz CT molecular complexity index is 433. The highest BCUT2D eigenvalue weighted by Gasteiger charge is 2.21. The highest BCUT2D eigenvalue weighted by atomic mass is 127. The number of hydrogen-bond donors (Lipinski definition) is 1. The van der Waals surface area contributed by atoms with E-state index in [1.807, 2.05) is 41.8 Å². The van der Waals surface area contributed by atoms with Crippen molar-refractivity contribution in [2.24, 2.45) is 0 Å². The van der Waals surface area contributed by atoms with E-state index in [0.717, 1.165) is 25.2 Å². The van der Waals surface area contributed by atoms with Crippen LogP contribution in [0.3, 0.4) is 0 Å². The lowest BCUT2D eigenvalue weighted by atomic mass is 10.2. The zero-order valence-electron chi connectivity index (χ0n) is 9.52. The van der Waals surface area contributed by atoms with E-state index in [1.165, 1.54) is 0 Å². The predicted molar refractivity (Wildman–Crippen MR) is 75.5 cm³/mol. The molecule has 0 spiro atoms. The van der Waals surface area contributed by atoms with E-state index in [9.17, 15) is 10.1 Å². The Labute approximate surface area is 113 Å². The molecule has 0 bridgehead atoms. The van der Waals surface area contributed by atoms with Crippen molar-refractivity contribution in [1.29, 1.82) is 0 Å². The van der Waals surface area contributed by atoms with Crippen LogP contribution in [0, 0.1) is 13.7 Å². The van der Waals surface area contributed by atoms with Gasteiger partial charge in [0.1, 0.15) is 0 Å². The van der Waals surface area contributed by atoms with Gasteiger partial charge in [-0.3, -0.25) is 10.1 Å². The Morgan fingerprint density at radius 2 is 2.35 bits per heavy atom. The van der Waals surface area contributed by atoms with Crippen molar-refractivity contribution >= 4 is 34.0 Å². The molecule has 2 rings (SSSR count). The fourth-order valence-electron chi connectivity index (χ4n) is 2.04. The number of benzene rings is 1. The first-order valence-electron chi connectivity index (χ1n) is 5.47. The first-order valence-corrected chi connectivity index (χ1v) is 6.55. The Balaban J connectivity index is 2.21. The van der Waals surface area contributed by atoms with Crippen molar-refractivity contribution in [1.82, 2.24) is 5.32 Å². The average Bonchev–Trinajstić information content (AvgIpc) is 2.80. The van der Waals surface area contributed by atoms with Crippen LogP contribution < -0.4 is 10.2 Å². The molecule has 1 unspecified atom stereocenters. The molecule has 1 saturated heterocycles.